The van der Waals surface area contributed by atoms with Gasteiger partial charge in [-0.25, -0.2) is 9.59 Å². The molecule has 2 amide bonds. The third-order valence-electron chi connectivity index (χ3n) is 3.78. The molecule has 0 aromatic heterocycles. The van der Waals surface area contributed by atoms with E-state index >= 15 is 0 Å². The number of aliphatic carboxylic acids is 2. The van der Waals surface area contributed by atoms with E-state index in [4.69, 9.17) is 5.11 Å². The second kappa shape index (κ2) is 14.2. The van der Waals surface area contributed by atoms with Gasteiger partial charge in [0.05, 0.1) is 6.04 Å². The molecule has 0 fully saturated rings. The molecule has 0 saturated carbocycles. The highest BCUT2D eigenvalue weighted by molar-refractivity contribution is 5.83. The number of carbonyl (C=O) groups is 4. The topological polar surface area (TPSA) is 169 Å². The second-order valence-corrected chi connectivity index (χ2v) is 6.41. The minimum atomic E-state index is -1.14. The van der Waals surface area contributed by atoms with Crippen molar-refractivity contribution in [2.45, 2.75) is 64.1 Å². The number of carbonyl (C=O) groups excluding carboxylic acids is 2. The normalized spacial score (nSPS) is 14.3. The molecular formula is C17H31N5O6. The first-order valence-electron chi connectivity index (χ1n) is 9.13. The lowest BCUT2D eigenvalue weighted by Crippen LogP contribution is -2.48. The van der Waals surface area contributed by atoms with Crippen molar-refractivity contribution in [1.82, 2.24) is 21.3 Å². The third-order valence-corrected chi connectivity index (χ3v) is 3.78. The van der Waals surface area contributed by atoms with Crippen LogP contribution in [0.2, 0.25) is 0 Å². The molecule has 3 atom stereocenters. The Labute approximate surface area is 164 Å². The molecule has 6 N–H and O–H groups in total. The summed E-state index contributed by atoms with van der Waals surface area (Å²) >= 11 is 0. The average molecular weight is 401 g/mol. The van der Waals surface area contributed by atoms with E-state index in [1.807, 2.05) is 0 Å². The largest absolute Gasteiger partial charge is 0.481 e. The zero-order chi connectivity index (χ0) is 21.5. The summed E-state index contributed by atoms with van der Waals surface area (Å²) in [4.78, 5) is 48.3. The molecular weight excluding hydrogens is 370 g/mol. The van der Waals surface area contributed by atoms with Gasteiger partial charge in [0.1, 0.15) is 12.3 Å². The maximum Gasteiger partial charge on any atom is 0.326 e. The number of carboxylic acid groups (broad SMARTS) is 2. The smallest absolute Gasteiger partial charge is 0.326 e. The summed E-state index contributed by atoms with van der Waals surface area (Å²) in [7, 11) is 1.58. The lowest BCUT2D eigenvalue weighted by atomic mass is 10.1. The Morgan fingerprint density at radius 2 is 1.71 bits per heavy atom. The number of hydrogen-bond donors (Lipinski definition) is 6. The van der Waals surface area contributed by atoms with E-state index in [-0.39, 0.29) is 31.3 Å². The summed E-state index contributed by atoms with van der Waals surface area (Å²) in [6, 6.07) is -2.44. The molecule has 0 rings (SSSR count). The number of nitrogens with one attached hydrogen (secondary N) is 4. The monoisotopic (exact) mass is 401 g/mol. The van der Waals surface area contributed by atoms with Crippen molar-refractivity contribution in [3.8, 4) is 0 Å². The Bertz CT molecular complexity index is 554. The number of carboxylic acids is 2. The summed E-state index contributed by atoms with van der Waals surface area (Å²) in [5.74, 6) is -1.63. The Morgan fingerprint density at radius 1 is 1.04 bits per heavy atom. The van der Waals surface area contributed by atoms with Crippen LogP contribution >= 0.6 is 0 Å². The predicted octanol–water partition coefficient (Wildman–Crippen LogP) is -0.0852. The van der Waals surface area contributed by atoms with Crippen LogP contribution in [0.4, 0.5) is 4.79 Å². The highest BCUT2D eigenvalue weighted by atomic mass is 16.4. The number of rotatable bonds is 13. The zero-order valence-corrected chi connectivity index (χ0v) is 16.5. The van der Waals surface area contributed by atoms with Crippen molar-refractivity contribution < 1.29 is 29.4 Å². The van der Waals surface area contributed by atoms with Gasteiger partial charge < -0.3 is 36.3 Å². The standard InChI is InChI=1S/C17H31N5O6/c1-11(7-8-14(24)25)21-17(28)22-13(15(26)27)6-4-5-9-19-16(18-3)20-12(2)10-23/h10-13H,4-9H2,1-3H3,(H,24,25)(H,26,27)(H2,18,19,20)(H2,21,22,28)/t11-,12?,13+/m1/s1. The van der Waals surface area contributed by atoms with Gasteiger partial charge >= 0.3 is 18.0 Å². The number of unbranched alkanes of at least 4 members (excludes halogenated alkanes) is 1. The third kappa shape index (κ3) is 12.5. The molecule has 0 bridgehead atoms. The van der Waals surface area contributed by atoms with Gasteiger partial charge in [-0.3, -0.25) is 9.79 Å². The van der Waals surface area contributed by atoms with Gasteiger partial charge in [-0.05, 0) is 39.5 Å². The SMILES string of the molecule is C/N=C(\NCCCC[C@H](NC(=O)N[C@H](C)CCC(=O)O)C(=O)O)NC(C)C=O. The highest BCUT2D eigenvalue weighted by Crippen LogP contribution is 2.02. The Hall–Kier alpha value is -2.85. The predicted molar refractivity (Wildman–Crippen MR) is 103 cm³/mol. The summed E-state index contributed by atoms with van der Waals surface area (Å²) in [5, 5.41) is 28.7. The van der Waals surface area contributed by atoms with Crippen LogP contribution in [0, 0.1) is 0 Å². The van der Waals surface area contributed by atoms with E-state index in [1.165, 1.54) is 0 Å². The molecule has 0 aliphatic rings. The zero-order valence-electron chi connectivity index (χ0n) is 16.5. The Kier molecular flexibility index (Phi) is 12.8. The minimum Gasteiger partial charge on any atom is -0.481 e. The van der Waals surface area contributed by atoms with Gasteiger partial charge in [-0.15, -0.1) is 0 Å². The highest BCUT2D eigenvalue weighted by Gasteiger charge is 2.20. The lowest BCUT2D eigenvalue weighted by Gasteiger charge is -2.18. The molecule has 0 aromatic rings. The quantitative estimate of drug-likeness (QED) is 0.108. The van der Waals surface area contributed by atoms with E-state index in [2.05, 4.69) is 26.3 Å². The maximum absolute atomic E-state index is 11.9. The molecule has 11 nitrogen and oxygen atoms in total. The van der Waals surface area contributed by atoms with Crippen LogP contribution in [-0.2, 0) is 14.4 Å². The van der Waals surface area contributed by atoms with Crippen molar-refractivity contribution in [2.75, 3.05) is 13.6 Å². The molecule has 0 aliphatic carbocycles. The molecule has 0 spiro atoms. The molecule has 11 heteroatoms. The van der Waals surface area contributed by atoms with E-state index in [0.717, 1.165) is 6.29 Å². The molecule has 0 heterocycles. The first-order valence-corrected chi connectivity index (χ1v) is 9.13. The number of guanidine groups is 1. The minimum absolute atomic E-state index is 0.0830. The van der Waals surface area contributed by atoms with Crippen LogP contribution in [0.5, 0.6) is 0 Å². The first kappa shape index (κ1) is 25.1. The summed E-state index contributed by atoms with van der Waals surface area (Å²) in [6.45, 7) is 3.86. The number of hydrogen-bond acceptors (Lipinski definition) is 5. The van der Waals surface area contributed by atoms with Crippen molar-refractivity contribution >= 4 is 30.2 Å². The number of urea groups is 1. The van der Waals surface area contributed by atoms with Crippen LogP contribution in [0.3, 0.4) is 0 Å². The summed E-state index contributed by atoms with van der Waals surface area (Å²) in [5.41, 5.74) is 0. The summed E-state index contributed by atoms with van der Waals surface area (Å²) < 4.78 is 0. The fourth-order valence-corrected chi connectivity index (χ4v) is 2.22. The number of nitrogens with zero attached hydrogens (tertiary/aromatic N) is 1. The fraction of sp³-hybridized carbons (Fsp3) is 0.706. The first-order chi connectivity index (χ1) is 13.2. The van der Waals surface area contributed by atoms with Crippen molar-refractivity contribution in [1.29, 1.82) is 0 Å². The fourth-order valence-electron chi connectivity index (χ4n) is 2.22. The maximum atomic E-state index is 11.9. The number of aldehydes is 1. The summed E-state index contributed by atoms with van der Waals surface area (Å²) in [6.07, 6.45) is 2.34. The average Bonchev–Trinajstić information content (AvgIpc) is 2.63. The van der Waals surface area contributed by atoms with Crippen LogP contribution in [0.15, 0.2) is 4.99 Å². The number of amides is 2. The molecule has 0 aromatic carbocycles. The second-order valence-electron chi connectivity index (χ2n) is 6.41. The number of aliphatic imine (C=N–C) groups is 1. The van der Waals surface area contributed by atoms with Gasteiger partial charge in [-0.2, -0.15) is 0 Å². The van der Waals surface area contributed by atoms with Gasteiger partial charge in [0.25, 0.3) is 0 Å². The van der Waals surface area contributed by atoms with E-state index < -0.39 is 24.0 Å². The van der Waals surface area contributed by atoms with Gasteiger partial charge in [0.15, 0.2) is 5.96 Å². The van der Waals surface area contributed by atoms with Crippen LogP contribution < -0.4 is 21.3 Å². The van der Waals surface area contributed by atoms with Crippen LogP contribution in [0.1, 0.15) is 46.0 Å². The Balaban J connectivity index is 4.21. The molecule has 0 aliphatic heterocycles. The molecule has 160 valence electrons. The molecule has 0 radical (unpaired) electrons. The van der Waals surface area contributed by atoms with Gasteiger partial charge in [-0.1, -0.05) is 0 Å². The molecule has 28 heavy (non-hydrogen) atoms. The Morgan fingerprint density at radius 3 is 2.25 bits per heavy atom. The molecule has 0 saturated heterocycles. The van der Waals surface area contributed by atoms with E-state index in [1.54, 1.807) is 20.9 Å². The van der Waals surface area contributed by atoms with Gasteiger partial charge in [0, 0.05) is 26.1 Å². The van der Waals surface area contributed by atoms with Gasteiger partial charge in [0.2, 0.25) is 0 Å². The van der Waals surface area contributed by atoms with Crippen molar-refractivity contribution in [2.24, 2.45) is 4.99 Å². The van der Waals surface area contributed by atoms with E-state index in [0.29, 0.717) is 25.3 Å². The van der Waals surface area contributed by atoms with Crippen molar-refractivity contribution in [3.05, 3.63) is 0 Å². The van der Waals surface area contributed by atoms with Crippen molar-refractivity contribution in [3.63, 3.8) is 0 Å². The van der Waals surface area contributed by atoms with Crippen LogP contribution in [-0.4, -0.2) is 72.1 Å². The molecule has 1 unspecified atom stereocenters. The van der Waals surface area contributed by atoms with E-state index in [9.17, 15) is 24.3 Å². The van der Waals surface area contributed by atoms with Crippen LogP contribution in [0.25, 0.3) is 0 Å². The lowest BCUT2D eigenvalue weighted by molar-refractivity contribution is -0.139.